The van der Waals surface area contributed by atoms with Crippen LogP contribution < -0.4 is 5.32 Å². The average molecular weight is 314 g/mol. The van der Waals surface area contributed by atoms with Crippen molar-refractivity contribution in [2.45, 2.75) is 26.8 Å². The monoisotopic (exact) mass is 313 g/mol. The van der Waals surface area contributed by atoms with E-state index in [1.54, 1.807) is 0 Å². The molecule has 1 aromatic rings. The number of hydrogen-bond acceptors (Lipinski definition) is 3. The zero-order valence-corrected chi connectivity index (χ0v) is 12.7. The standard InChI is InChI=1S/C14H20BrNO2/c1-4-18-14(17)13(16-9-10(2)3)11-5-7-12(15)8-6-11/h5-8,10,13,16H,4,9H2,1-3H3. The maximum atomic E-state index is 11.9. The average Bonchev–Trinajstić information content (AvgIpc) is 2.31. The van der Waals surface area contributed by atoms with Gasteiger partial charge in [-0.05, 0) is 37.1 Å². The molecular weight excluding hydrogens is 294 g/mol. The highest BCUT2D eigenvalue weighted by molar-refractivity contribution is 9.10. The Kier molecular flexibility index (Phi) is 6.36. The lowest BCUT2D eigenvalue weighted by atomic mass is 10.1. The molecule has 100 valence electrons. The number of carbonyl (C=O) groups is 1. The highest BCUT2D eigenvalue weighted by atomic mass is 79.9. The molecule has 0 fully saturated rings. The lowest BCUT2D eigenvalue weighted by Gasteiger charge is -2.19. The number of hydrogen-bond donors (Lipinski definition) is 1. The van der Waals surface area contributed by atoms with E-state index < -0.39 is 0 Å². The Bertz CT molecular complexity index is 376. The van der Waals surface area contributed by atoms with Crippen molar-refractivity contribution in [1.29, 1.82) is 0 Å². The van der Waals surface area contributed by atoms with Gasteiger partial charge in [0.05, 0.1) is 6.61 Å². The molecule has 0 aliphatic carbocycles. The smallest absolute Gasteiger partial charge is 0.327 e. The number of halogens is 1. The topological polar surface area (TPSA) is 38.3 Å². The Morgan fingerprint density at radius 3 is 2.44 bits per heavy atom. The fraction of sp³-hybridized carbons (Fsp3) is 0.500. The summed E-state index contributed by atoms with van der Waals surface area (Å²) in [5.74, 6) is 0.262. The van der Waals surface area contributed by atoms with Crippen LogP contribution in [-0.4, -0.2) is 19.1 Å². The van der Waals surface area contributed by atoms with Gasteiger partial charge in [0.1, 0.15) is 6.04 Å². The van der Waals surface area contributed by atoms with Gasteiger partial charge in [0.25, 0.3) is 0 Å². The number of nitrogens with one attached hydrogen (secondary N) is 1. The van der Waals surface area contributed by atoms with Crippen LogP contribution in [0.3, 0.4) is 0 Å². The quantitative estimate of drug-likeness (QED) is 0.819. The van der Waals surface area contributed by atoms with Crippen LogP contribution in [0, 0.1) is 5.92 Å². The third-order valence-corrected chi connectivity index (χ3v) is 2.98. The van der Waals surface area contributed by atoms with E-state index >= 15 is 0 Å². The largest absolute Gasteiger partial charge is 0.465 e. The zero-order valence-electron chi connectivity index (χ0n) is 11.1. The molecular formula is C14H20BrNO2. The zero-order chi connectivity index (χ0) is 13.5. The molecule has 1 aromatic carbocycles. The number of carbonyl (C=O) groups excluding carboxylic acids is 1. The lowest BCUT2D eigenvalue weighted by molar-refractivity contribution is -0.145. The van der Waals surface area contributed by atoms with E-state index in [-0.39, 0.29) is 12.0 Å². The highest BCUT2D eigenvalue weighted by Crippen LogP contribution is 2.18. The van der Waals surface area contributed by atoms with Crippen LogP contribution in [0.15, 0.2) is 28.7 Å². The second kappa shape index (κ2) is 7.54. The van der Waals surface area contributed by atoms with Crippen molar-refractivity contribution in [3.8, 4) is 0 Å². The number of rotatable bonds is 6. The summed E-state index contributed by atoms with van der Waals surface area (Å²) in [7, 11) is 0. The van der Waals surface area contributed by atoms with Gasteiger partial charge in [-0.3, -0.25) is 0 Å². The first-order valence-electron chi connectivity index (χ1n) is 6.20. The van der Waals surface area contributed by atoms with Crippen LogP contribution in [0.2, 0.25) is 0 Å². The summed E-state index contributed by atoms with van der Waals surface area (Å²) in [5.41, 5.74) is 0.928. The molecule has 0 bridgehead atoms. The third-order valence-electron chi connectivity index (χ3n) is 2.46. The lowest BCUT2D eigenvalue weighted by Crippen LogP contribution is -2.32. The summed E-state index contributed by atoms with van der Waals surface area (Å²) in [5, 5.41) is 3.25. The van der Waals surface area contributed by atoms with Crippen LogP contribution in [-0.2, 0) is 9.53 Å². The maximum Gasteiger partial charge on any atom is 0.327 e. The molecule has 0 spiro atoms. The Morgan fingerprint density at radius 1 is 1.33 bits per heavy atom. The van der Waals surface area contributed by atoms with Crippen LogP contribution in [0.5, 0.6) is 0 Å². The van der Waals surface area contributed by atoms with Gasteiger partial charge >= 0.3 is 5.97 Å². The summed E-state index contributed by atoms with van der Waals surface area (Å²) < 4.78 is 6.11. The van der Waals surface area contributed by atoms with E-state index in [0.717, 1.165) is 16.6 Å². The molecule has 0 aliphatic rings. The van der Waals surface area contributed by atoms with Crippen LogP contribution in [0.1, 0.15) is 32.4 Å². The van der Waals surface area contributed by atoms with E-state index in [1.165, 1.54) is 0 Å². The van der Waals surface area contributed by atoms with Crippen LogP contribution in [0.4, 0.5) is 0 Å². The number of benzene rings is 1. The maximum absolute atomic E-state index is 11.9. The molecule has 0 aromatic heterocycles. The minimum Gasteiger partial charge on any atom is -0.465 e. The molecule has 1 unspecified atom stereocenters. The van der Waals surface area contributed by atoms with Crippen LogP contribution >= 0.6 is 15.9 Å². The molecule has 0 saturated heterocycles. The Morgan fingerprint density at radius 2 is 1.94 bits per heavy atom. The van der Waals surface area contributed by atoms with Crippen molar-refractivity contribution < 1.29 is 9.53 Å². The molecule has 0 aliphatic heterocycles. The second-order valence-corrected chi connectivity index (χ2v) is 5.45. The van der Waals surface area contributed by atoms with E-state index in [2.05, 4.69) is 35.1 Å². The minimum atomic E-state index is -0.388. The molecule has 0 saturated carbocycles. The molecule has 0 amide bonds. The van der Waals surface area contributed by atoms with Gasteiger partial charge < -0.3 is 10.1 Å². The Balaban J connectivity index is 2.82. The minimum absolute atomic E-state index is 0.222. The molecule has 1 N–H and O–H groups in total. The molecule has 18 heavy (non-hydrogen) atoms. The summed E-state index contributed by atoms with van der Waals surface area (Å²) in [6.07, 6.45) is 0. The molecule has 1 rings (SSSR count). The predicted molar refractivity (Wildman–Crippen MR) is 76.4 cm³/mol. The predicted octanol–water partition coefficient (Wildman–Crippen LogP) is 3.30. The van der Waals surface area contributed by atoms with Gasteiger partial charge in [0.15, 0.2) is 0 Å². The fourth-order valence-corrected chi connectivity index (χ4v) is 1.84. The van der Waals surface area contributed by atoms with Crippen molar-refractivity contribution in [3.05, 3.63) is 34.3 Å². The highest BCUT2D eigenvalue weighted by Gasteiger charge is 2.21. The molecule has 0 heterocycles. The van der Waals surface area contributed by atoms with Gasteiger partial charge in [-0.2, -0.15) is 0 Å². The van der Waals surface area contributed by atoms with Gasteiger partial charge in [0.2, 0.25) is 0 Å². The summed E-state index contributed by atoms with van der Waals surface area (Å²) in [4.78, 5) is 11.9. The van der Waals surface area contributed by atoms with Crippen molar-refractivity contribution >= 4 is 21.9 Å². The molecule has 3 nitrogen and oxygen atoms in total. The van der Waals surface area contributed by atoms with Gasteiger partial charge in [-0.1, -0.05) is 41.9 Å². The van der Waals surface area contributed by atoms with Crippen LogP contribution in [0.25, 0.3) is 0 Å². The first-order valence-corrected chi connectivity index (χ1v) is 6.99. The van der Waals surface area contributed by atoms with Gasteiger partial charge in [0, 0.05) is 4.47 Å². The van der Waals surface area contributed by atoms with E-state index in [1.807, 2.05) is 31.2 Å². The second-order valence-electron chi connectivity index (χ2n) is 4.54. The SMILES string of the molecule is CCOC(=O)C(NCC(C)C)c1ccc(Br)cc1. The number of ether oxygens (including phenoxy) is 1. The molecule has 0 radical (unpaired) electrons. The van der Waals surface area contributed by atoms with E-state index in [0.29, 0.717) is 12.5 Å². The summed E-state index contributed by atoms with van der Waals surface area (Å²) >= 11 is 3.39. The first-order chi connectivity index (χ1) is 8.54. The number of esters is 1. The summed E-state index contributed by atoms with van der Waals surface area (Å²) in [6.45, 7) is 7.21. The molecule has 1 atom stereocenters. The Labute approximate surface area is 117 Å². The van der Waals surface area contributed by atoms with E-state index in [9.17, 15) is 4.79 Å². The van der Waals surface area contributed by atoms with Crippen molar-refractivity contribution in [3.63, 3.8) is 0 Å². The third kappa shape index (κ3) is 4.78. The van der Waals surface area contributed by atoms with E-state index in [4.69, 9.17) is 4.74 Å². The van der Waals surface area contributed by atoms with Gasteiger partial charge in [-0.25, -0.2) is 4.79 Å². The van der Waals surface area contributed by atoms with Crippen molar-refractivity contribution in [2.75, 3.05) is 13.2 Å². The Hall–Kier alpha value is -0.870. The van der Waals surface area contributed by atoms with Crippen molar-refractivity contribution in [1.82, 2.24) is 5.32 Å². The fourth-order valence-electron chi connectivity index (χ4n) is 1.57. The van der Waals surface area contributed by atoms with Crippen molar-refractivity contribution in [2.24, 2.45) is 5.92 Å². The normalized spacial score (nSPS) is 12.5. The summed E-state index contributed by atoms with van der Waals surface area (Å²) in [6, 6.07) is 7.33. The van der Waals surface area contributed by atoms with Gasteiger partial charge in [-0.15, -0.1) is 0 Å². The molecule has 4 heteroatoms. The first kappa shape index (κ1) is 15.2.